The van der Waals surface area contributed by atoms with Crippen LogP contribution in [0.25, 0.3) is 0 Å². The topological polar surface area (TPSA) is 89.0 Å². The molecular weight excluding hydrogens is 272 g/mol. The summed E-state index contributed by atoms with van der Waals surface area (Å²) in [5.41, 5.74) is 3.49. The van der Waals surface area contributed by atoms with Crippen LogP contribution in [0.5, 0.6) is 0 Å². The molecule has 0 unspecified atom stereocenters. The van der Waals surface area contributed by atoms with Gasteiger partial charge in [0.1, 0.15) is 12.1 Å². The van der Waals surface area contributed by atoms with Gasteiger partial charge in [0.05, 0.1) is 10.6 Å². The Kier molecular flexibility index (Phi) is 4.23. The summed E-state index contributed by atoms with van der Waals surface area (Å²) in [6.07, 6.45) is 0. The van der Waals surface area contributed by atoms with Crippen molar-refractivity contribution in [3.8, 4) is 12.1 Å². The average molecular weight is 280 g/mol. The molecule has 0 saturated heterocycles. The molecule has 0 amide bonds. The monoisotopic (exact) mass is 280 g/mol. The molecule has 2 aromatic rings. The molecule has 6 heteroatoms. The van der Waals surface area contributed by atoms with Gasteiger partial charge in [-0.25, -0.2) is 0 Å². The van der Waals surface area contributed by atoms with Crippen LogP contribution in [0.4, 0.5) is 5.69 Å². The highest BCUT2D eigenvalue weighted by Gasteiger charge is 2.09. The molecule has 1 aromatic carbocycles. The van der Waals surface area contributed by atoms with Gasteiger partial charge in [0.2, 0.25) is 11.5 Å². The zero-order valence-corrected chi connectivity index (χ0v) is 11.0. The molecular formula is C14H8N4OS. The molecule has 1 N–H and O–H groups in total. The van der Waals surface area contributed by atoms with Crippen LogP contribution in [0.2, 0.25) is 0 Å². The summed E-state index contributed by atoms with van der Waals surface area (Å²) in [7, 11) is 0. The van der Waals surface area contributed by atoms with Crippen LogP contribution in [0.1, 0.15) is 15.2 Å². The number of carbonyl (C=O) groups is 1. The lowest BCUT2D eigenvalue weighted by Crippen LogP contribution is -1.99. The van der Waals surface area contributed by atoms with Gasteiger partial charge in [-0.2, -0.15) is 15.6 Å². The van der Waals surface area contributed by atoms with Gasteiger partial charge in [-0.15, -0.1) is 11.3 Å². The van der Waals surface area contributed by atoms with Crippen LogP contribution in [0.3, 0.4) is 0 Å². The number of hydrazone groups is 1. The van der Waals surface area contributed by atoms with Crippen LogP contribution in [0, 0.1) is 22.7 Å². The highest BCUT2D eigenvalue weighted by Crippen LogP contribution is 2.17. The van der Waals surface area contributed by atoms with Crippen molar-refractivity contribution in [2.75, 3.05) is 5.43 Å². The van der Waals surface area contributed by atoms with E-state index >= 15 is 0 Å². The zero-order valence-electron chi connectivity index (χ0n) is 10.2. The first-order chi connectivity index (χ1) is 9.74. The van der Waals surface area contributed by atoms with Gasteiger partial charge in [-0.3, -0.25) is 10.2 Å². The SMILES string of the molecule is N#CC(C#N)=NNc1ccc(C(=O)c2cccs2)cc1. The van der Waals surface area contributed by atoms with Gasteiger partial charge in [-0.05, 0) is 35.7 Å². The molecule has 0 spiro atoms. The molecule has 0 fully saturated rings. The van der Waals surface area contributed by atoms with Crippen molar-refractivity contribution in [3.05, 3.63) is 52.2 Å². The number of benzene rings is 1. The maximum absolute atomic E-state index is 12.1. The maximum atomic E-state index is 12.1. The molecule has 1 aromatic heterocycles. The van der Waals surface area contributed by atoms with E-state index < -0.39 is 0 Å². The third kappa shape index (κ3) is 3.08. The summed E-state index contributed by atoms with van der Waals surface area (Å²) in [6, 6.07) is 13.5. The molecule has 0 atom stereocenters. The van der Waals surface area contributed by atoms with Crippen molar-refractivity contribution in [1.82, 2.24) is 0 Å². The minimum absolute atomic E-state index is 0.0372. The van der Waals surface area contributed by atoms with Gasteiger partial charge >= 0.3 is 0 Å². The van der Waals surface area contributed by atoms with E-state index in [0.29, 0.717) is 16.1 Å². The molecule has 5 nitrogen and oxygen atoms in total. The number of nitrogens with zero attached hydrogens (tertiary/aromatic N) is 3. The summed E-state index contributed by atoms with van der Waals surface area (Å²) in [5, 5.41) is 22.5. The Morgan fingerprint density at radius 2 is 1.85 bits per heavy atom. The number of anilines is 1. The summed E-state index contributed by atoms with van der Waals surface area (Å²) in [6.45, 7) is 0. The normalized spacial score (nSPS) is 9.10. The Labute approximate surface area is 119 Å². The predicted molar refractivity (Wildman–Crippen MR) is 76.5 cm³/mol. The smallest absolute Gasteiger partial charge is 0.237 e. The number of ketones is 1. The molecule has 0 radical (unpaired) electrons. The van der Waals surface area contributed by atoms with Gasteiger partial charge < -0.3 is 0 Å². The molecule has 0 aliphatic carbocycles. The van der Waals surface area contributed by atoms with Crippen molar-refractivity contribution in [2.45, 2.75) is 0 Å². The van der Waals surface area contributed by atoms with Crippen LogP contribution in [-0.4, -0.2) is 11.5 Å². The summed E-state index contributed by atoms with van der Waals surface area (Å²) in [4.78, 5) is 12.7. The summed E-state index contributed by atoms with van der Waals surface area (Å²) in [5.74, 6) is -0.0372. The third-order valence-electron chi connectivity index (χ3n) is 2.40. The Morgan fingerprint density at radius 1 is 1.15 bits per heavy atom. The second-order valence-corrected chi connectivity index (χ2v) is 4.63. The van der Waals surface area contributed by atoms with E-state index in [-0.39, 0.29) is 11.5 Å². The fourth-order valence-electron chi connectivity index (χ4n) is 1.44. The van der Waals surface area contributed by atoms with Crippen molar-refractivity contribution < 1.29 is 4.79 Å². The first kappa shape index (κ1) is 13.5. The van der Waals surface area contributed by atoms with E-state index in [1.165, 1.54) is 11.3 Å². The van der Waals surface area contributed by atoms with Crippen molar-refractivity contribution in [3.63, 3.8) is 0 Å². The second-order valence-electron chi connectivity index (χ2n) is 3.68. The number of nitriles is 2. The maximum Gasteiger partial charge on any atom is 0.237 e. The number of hydrogen-bond donors (Lipinski definition) is 1. The highest BCUT2D eigenvalue weighted by atomic mass is 32.1. The number of thiophene rings is 1. The van der Waals surface area contributed by atoms with Crippen LogP contribution in [-0.2, 0) is 0 Å². The average Bonchev–Trinajstić information content (AvgIpc) is 3.02. The Morgan fingerprint density at radius 3 is 2.40 bits per heavy atom. The third-order valence-corrected chi connectivity index (χ3v) is 3.27. The number of hydrogen-bond acceptors (Lipinski definition) is 6. The molecule has 1 heterocycles. The fraction of sp³-hybridized carbons (Fsp3) is 0. The highest BCUT2D eigenvalue weighted by molar-refractivity contribution is 7.12. The fourth-order valence-corrected chi connectivity index (χ4v) is 2.13. The van der Waals surface area contributed by atoms with E-state index in [0.717, 1.165) is 0 Å². The summed E-state index contributed by atoms with van der Waals surface area (Å²) >= 11 is 1.39. The molecule has 0 aliphatic rings. The molecule has 0 bridgehead atoms. The first-order valence-corrected chi connectivity index (χ1v) is 6.44. The minimum atomic E-state index is -0.260. The minimum Gasteiger partial charge on any atom is -0.288 e. The Bertz CT molecular complexity index is 702. The van der Waals surface area contributed by atoms with Gasteiger partial charge in [0, 0.05) is 5.56 Å². The predicted octanol–water partition coefficient (Wildman–Crippen LogP) is 2.79. The number of rotatable bonds is 4. The van der Waals surface area contributed by atoms with Crippen LogP contribution in [0.15, 0.2) is 46.9 Å². The lowest BCUT2D eigenvalue weighted by molar-refractivity contribution is 0.104. The van der Waals surface area contributed by atoms with Crippen LogP contribution >= 0.6 is 11.3 Å². The standard InChI is InChI=1S/C14H8N4OS/c15-8-12(9-16)18-17-11-5-3-10(4-6-11)14(19)13-2-1-7-20-13/h1-7,17H. The van der Waals surface area contributed by atoms with E-state index in [9.17, 15) is 4.79 Å². The van der Waals surface area contributed by atoms with Crippen molar-refractivity contribution in [1.29, 1.82) is 10.5 Å². The van der Waals surface area contributed by atoms with E-state index in [4.69, 9.17) is 10.5 Å². The Hall–Kier alpha value is -2.96. The van der Waals surface area contributed by atoms with Gasteiger partial charge in [-0.1, -0.05) is 6.07 Å². The zero-order chi connectivity index (χ0) is 14.4. The van der Waals surface area contributed by atoms with Gasteiger partial charge in [0.25, 0.3) is 0 Å². The molecule has 0 saturated carbocycles. The number of nitrogens with one attached hydrogen (secondary N) is 1. The van der Waals surface area contributed by atoms with Crippen LogP contribution < -0.4 is 5.43 Å². The molecule has 20 heavy (non-hydrogen) atoms. The Balaban J connectivity index is 2.12. The van der Waals surface area contributed by atoms with E-state index in [1.807, 2.05) is 11.4 Å². The second kappa shape index (κ2) is 6.28. The molecule has 96 valence electrons. The largest absolute Gasteiger partial charge is 0.288 e. The number of carbonyl (C=O) groups excluding carboxylic acids is 1. The van der Waals surface area contributed by atoms with E-state index in [1.54, 1.807) is 42.5 Å². The first-order valence-electron chi connectivity index (χ1n) is 5.57. The quantitative estimate of drug-likeness (QED) is 0.529. The van der Waals surface area contributed by atoms with Crippen molar-refractivity contribution >= 4 is 28.5 Å². The lowest BCUT2D eigenvalue weighted by Gasteiger charge is -2.02. The van der Waals surface area contributed by atoms with Gasteiger partial charge in [0.15, 0.2) is 0 Å². The molecule has 0 aliphatic heterocycles. The lowest BCUT2D eigenvalue weighted by atomic mass is 10.1. The van der Waals surface area contributed by atoms with E-state index in [2.05, 4.69) is 10.5 Å². The summed E-state index contributed by atoms with van der Waals surface area (Å²) < 4.78 is 0. The van der Waals surface area contributed by atoms with Crippen molar-refractivity contribution in [2.24, 2.45) is 5.10 Å². The molecule has 2 rings (SSSR count).